The SMILES string of the molecule is CCCC(=O)c1ccccc1Nc1ccccc1. The third-order valence-corrected chi connectivity index (χ3v) is 2.76. The lowest BCUT2D eigenvalue weighted by Gasteiger charge is -2.10. The number of hydrogen-bond donors (Lipinski definition) is 1. The van der Waals surface area contributed by atoms with E-state index in [2.05, 4.69) is 5.32 Å². The van der Waals surface area contributed by atoms with Crippen LogP contribution in [-0.2, 0) is 0 Å². The smallest absolute Gasteiger partial charge is 0.164 e. The summed E-state index contributed by atoms with van der Waals surface area (Å²) < 4.78 is 0. The molecular formula is C16H17NO. The highest BCUT2D eigenvalue weighted by Gasteiger charge is 2.09. The molecule has 2 aromatic carbocycles. The van der Waals surface area contributed by atoms with Crippen LogP contribution in [0.1, 0.15) is 30.1 Å². The molecule has 92 valence electrons. The molecule has 0 aliphatic rings. The maximum atomic E-state index is 12.0. The summed E-state index contributed by atoms with van der Waals surface area (Å²) in [5.74, 6) is 0.191. The van der Waals surface area contributed by atoms with Crippen LogP contribution in [-0.4, -0.2) is 5.78 Å². The lowest BCUT2D eigenvalue weighted by Crippen LogP contribution is -2.03. The van der Waals surface area contributed by atoms with E-state index in [1.54, 1.807) is 0 Å². The van der Waals surface area contributed by atoms with E-state index in [4.69, 9.17) is 0 Å². The highest BCUT2D eigenvalue weighted by Crippen LogP contribution is 2.22. The Hall–Kier alpha value is -2.09. The molecule has 0 aromatic heterocycles. The summed E-state index contributed by atoms with van der Waals surface area (Å²) in [7, 11) is 0. The Morgan fingerprint density at radius 3 is 2.39 bits per heavy atom. The van der Waals surface area contributed by atoms with Crippen molar-refractivity contribution in [2.75, 3.05) is 5.32 Å². The Labute approximate surface area is 108 Å². The summed E-state index contributed by atoms with van der Waals surface area (Å²) in [6, 6.07) is 17.5. The highest BCUT2D eigenvalue weighted by molar-refractivity contribution is 6.01. The molecule has 18 heavy (non-hydrogen) atoms. The standard InChI is InChI=1S/C16H17NO/c1-2-8-16(18)14-11-6-7-12-15(14)17-13-9-4-3-5-10-13/h3-7,9-12,17H,2,8H2,1H3. The zero-order chi connectivity index (χ0) is 12.8. The summed E-state index contributed by atoms with van der Waals surface area (Å²) in [4.78, 5) is 12.0. The van der Waals surface area contributed by atoms with Crippen LogP contribution in [0.5, 0.6) is 0 Å². The Morgan fingerprint density at radius 1 is 1.00 bits per heavy atom. The van der Waals surface area contributed by atoms with Crippen LogP contribution in [0.25, 0.3) is 0 Å². The second-order valence-corrected chi connectivity index (χ2v) is 4.21. The van der Waals surface area contributed by atoms with Gasteiger partial charge in [-0.05, 0) is 30.7 Å². The van der Waals surface area contributed by atoms with E-state index in [9.17, 15) is 4.79 Å². The van der Waals surface area contributed by atoms with Gasteiger partial charge in [-0.25, -0.2) is 0 Å². The van der Waals surface area contributed by atoms with E-state index in [1.165, 1.54) is 0 Å². The molecule has 0 fully saturated rings. The first kappa shape index (κ1) is 12.4. The lowest BCUT2D eigenvalue weighted by molar-refractivity contribution is 0.0982. The number of Topliss-reactive ketones (excluding diaryl/α,β-unsaturated/α-hetero) is 1. The molecule has 0 bridgehead atoms. The molecular weight excluding hydrogens is 222 g/mol. The third-order valence-electron chi connectivity index (χ3n) is 2.76. The average molecular weight is 239 g/mol. The van der Waals surface area contributed by atoms with E-state index < -0.39 is 0 Å². The molecule has 0 radical (unpaired) electrons. The first-order valence-electron chi connectivity index (χ1n) is 6.25. The topological polar surface area (TPSA) is 29.1 Å². The Balaban J connectivity index is 2.25. The monoisotopic (exact) mass is 239 g/mol. The van der Waals surface area contributed by atoms with Crippen molar-refractivity contribution in [1.29, 1.82) is 0 Å². The van der Waals surface area contributed by atoms with E-state index >= 15 is 0 Å². The Bertz CT molecular complexity index is 520. The predicted molar refractivity (Wildman–Crippen MR) is 75.4 cm³/mol. The highest BCUT2D eigenvalue weighted by atomic mass is 16.1. The molecule has 0 atom stereocenters. The van der Waals surface area contributed by atoms with Crippen LogP contribution >= 0.6 is 0 Å². The van der Waals surface area contributed by atoms with Crippen LogP contribution < -0.4 is 5.32 Å². The second-order valence-electron chi connectivity index (χ2n) is 4.21. The first-order chi connectivity index (χ1) is 8.81. The van der Waals surface area contributed by atoms with Gasteiger partial charge in [0, 0.05) is 23.4 Å². The van der Waals surface area contributed by atoms with Crippen molar-refractivity contribution in [3.05, 3.63) is 60.2 Å². The lowest BCUT2D eigenvalue weighted by atomic mass is 10.0. The van der Waals surface area contributed by atoms with Gasteiger partial charge in [0.1, 0.15) is 0 Å². The quantitative estimate of drug-likeness (QED) is 0.783. The molecule has 0 aliphatic heterocycles. The number of nitrogens with one attached hydrogen (secondary N) is 1. The molecule has 2 heteroatoms. The molecule has 0 unspecified atom stereocenters. The van der Waals surface area contributed by atoms with Gasteiger partial charge in [0.15, 0.2) is 5.78 Å². The van der Waals surface area contributed by atoms with Gasteiger partial charge in [-0.3, -0.25) is 4.79 Å². The van der Waals surface area contributed by atoms with E-state index in [-0.39, 0.29) is 5.78 Å². The molecule has 2 nitrogen and oxygen atoms in total. The minimum Gasteiger partial charge on any atom is -0.355 e. The molecule has 0 heterocycles. The Morgan fingerprint density at radius 2 is 1.67 bits per heavy atom. The fraction of sp³-hybridized carbons (Fsp3) is 0.188. The van der Waals surface area contributed by atoms with Gasteiger partial charge < -0.3 is 5.32 Å². The fourth-order valence-electron chi connectivity index (χ4n) is 1.87. The van der Waals surface area contributed by atoms with Crippen molar-refractivity contribution in [2.45, 2.75) is 19.8 Å². The fourth-order valence-corrected chi connectivity index (χ4v) is 1.87. The van der Waals surface area contributed by atoms with Gasteiger partial charge in [0.05, 0.1) is 0 Å². The van der Waals surface area contributed by atoms with Crippen LogP contribution in [0.2, 0.25) is 0 Å². The molecule has 2 rings (SSSR count). The molecule has 0 saturated heterocycles. The van der Waals surface area contributed by atoms with Crippen LogP contribution in [0, 0.1) is 0 Å². The van der Waals surface area contributed by atoms with Crippen LogP contribution in [0.15, 0.2) is 54.6 Å². The van der Waals surface area contributed by atoms with E-state index in [0.717, 1.165) is 23.4 Å². The number of para-hydroxylation sites is 2. The largest absolute Gasteiger partial charge is 0.355 e. The summed E-state index contributed by atoms with van der Waals surface area (Å²) in [5.41, 5.74) is 2.64. The number of anilines is 2. The van der Waals surface area contributed by atoms with Crippen molar-refractivity contribution >= 4 is 17.2 Å². The number of benzene rings is 2. The third kappa shape index (κ3) is 2.98. The predicted octanol–water partition coefficient (Wildman–Crippen LogP) is 4.41. The Kier molecular flexibility index (Phi) is 4.13. The van der Waals surface area contributed by atoms with Gasteiger partial charge >= 0.3 is 0 Å². The van der Waals surface area contributed by atoms with Gasteiger partial charge in [0.2, 0.25) is 0 Å². The van der Waals surface area contributed by atoms with Gasteiger partial charge in [-0.2, -0.15) is 0 Å². The zero-order valence-electron chi connectivity index (χ0n) is 10.5. The molecule has 0 aliphatic carbocycles. The molecule has 2 aromatic rings. The number of ketones is 1. The maximum absolute atomic E-state index is 12.0. The van der Waals surface area contributed by atoms with Gasteiger partial charge in [-0.15, -0.1) is 0 Å². The van der Waals surface area contributed by atoms with E-state index in [0.29, 0.717) is 6.42 Å². The van der Waals surface area contributed by atoms with Gasteiger partial charge in [0.25, 0.3) is 0 Å². The van der Waals surface area contributed by atoms with Crippen molar-refractivity contribution in [1.82, 2.24) is 0 Å². The minimum atomic E-state index is 0.191. The number of hydrogen-bond acceptors (Lipinski definition) is 2. The first-order valence-corrected chi connectivity index (χ1v) is 6.25. The molecule has 1 N–H and O–H groups in total. The van der Waals surface area contributed by atoms with Crippen molar-refractivity contribution in [3.63, 3.8) is 0 Å². The van der Waals surface area contributed by atoms with E-state index in [1.807, 2.05) is 61.5 Å². The zero-order valence-corrected chi connectivity index (χ0v) is 10.5. The van der Waals surface area contributed by atoms with Crippen molar-refractivity contribution in [2.24, 2.45) is 0 Å². The van der Waals surface area contributed by atoms with Gasteiger partial charge in [-0.1, -0.05) is 37.3 Å². The second kappa shape index (κ2) is 6.01. The minimum absolute atomic E-state index is 0.191. The summed E-state index contributed by atoms with van der Waals surface area (Å²) in [5, 5.41) is 3.29. The maximum Gasteiger partial charge on any atom is 0.164 e. The molecule has 0 amide bonds. The summed E-state index contributed by atoms with van der Waals surface area (Å²) >= 11 is 0. The average Bonchev–Trinajstić information content (AvgIpc) is 2.41. The van der Waals surface area contributed by atoms with Crippen LogP contribution in [0.3, 0.4) is 0 Å². The number of rotatable bonds is 5. The number of carbonyl (C=O) groups excluding carboxylic acids is 1. The van der Waals surface area contributed by atoms with Crippen molar-refractivity contribution < 1.29 is 4.79 Å². The van der Waals surface area contributed by atoms with Crippen molar-refractivity contribution in [3.8, 4) is 0 Å². The summed E-state index contributed by atoms with van der Waals surface area (Å²) in [6.45, 7) is 2.02. The molecule has 0 spiro atoms. The number of carbonyl (C=O) groups is 1. The summed E-state index contributed by atoms with van der Waals surface area (Å²) in [6.07, 6.45) is 1.46. The van der Waals surface area contributed by atoms with Crippen LogP contribution in [0.4, 0.5) is 11.4 Å². The normalized spacial score (nSPS) is 10.1. The molecule has 0 saturated carbocycles.